The standard InChI is InChI=1S/C25H23OP.C17H20N2O2S/c1-26-24-19-11-12-20-25(24)27(21-13-5-2-6-14-21,22-15-7-3-8-16-22)23-17-9-4-10-18-23;1-3-20-15-9-5-13(6-10-15)18-17(22)19-14-7-11-16(12-8-14)21-4-2/h2-20,27H,1H3;5-12H,3-4H2,1-2H3,(H2,18,19,22). The molecule has 0 atom stereocenters. The first-order valence-corrected chi connectivity index (χ1v) is 18.8. The fourth-order valence-corrected chi connectivity index (χ4v) is 11.0. The van der Waals surface area contributed by atoms with Crippen LogP contribution in [0.1, 0.15) is 13.8 Å². The van der Waals surface area contributed by atoms with Gasteiger partial charge in [-0.15, -0.1) is 0 Å². The van der Waals surface area contributed by atoms with Gasteiger partial charge in [0, 0.05) is 11.4 Å². The molecule has 2 N–H and O–H groups in total. The van der Waals surface area contributed by atoms with Gasteiger partial charge in [0.25, 0.3) is 0 Å². The third-order valence-electron chi connectivity index (χ3n) is 7.98. The van der Waals surface area contributed by atoms with E-state index in [2.05, 4.69) is 120 Å². The number of nitrogens with one attached hydrogen (secondary N) is 2. The van der Waals surface area contributed by atoms with Crippen molar-refractivity contribution in [3.05, 3.63) is 164 Å². The Morgan fingerprint density at radius 2 is 0.878 bits per heavy atom. The van der Waals surface area contributed by atoms with E-state index < -0.39 is 7.26 Å². The zero-order chi connectivity index (χ0) is 34.3. The van der Waals surface area contributed by atoms with Gasteiger partial charge in [-0.25, -0.2) is 0 Å². The van der Waals surface area contributed by atoms with E-state index in [0.29, 0.717) is 18.3 Å². The number of benzene rings is 6. The molecule has 250 valence electrons. The first-order chi connectivity index (χ1) is 24.1. The van der Waals surface area contributed by atoms with E-state index in [-0.39, 0.29) is 0 Å². The van der Waals surface area contributed by atoms with Gasteiger partial charge in [0.1, 0.15) is 11.5 Å². The van der Waals surface area contributed by atoms with Crippen LogP contribution in [-0.2, 0) is 0 Å². The molecule has 0 unspecified atom stereocenters. The van der Waals surface area contributed by atoms with Crippen molar-refractivity contribution < 1.29 is 14.2 Å². The number of thiocarbonyl (C=S) groups is 1. The van der Waals surface area contributed by atoms with E-state index in [4.69, 9.17) is 26.4 Å². The summed E-state index contributed by atoms with van der Waals surface area (Å²) >= 11 is 5.30. The van der Waals surface area contributed by atoms with Gasteiger partial charge in [0.2, 0.25) is 0 Å². The molecular weight excluding hydrogens is 644 g/mol. The Kier molecular flexibility index (Phi) is 12.8. The van der Waals surface area contributed by atoms with Crippen LogP contribution in [0.15, 0.2) is 164 Å². The molecule has 0 aliphatic rings. The van der Waals surface area contributed by atoms with E-state index in [0.717, 1.165) is 28.6 Å². The van der Waals surface area contributed by atoms with E-state index in [9.17, 15) is 0 Å². The molecule has 0 aromatic heterocycles. The Labute approximate surface area is 296 Å². The number of hydrogen-bond acceptors (Lipinski definition) is 4. The third kappa shape index (κ3) is 8.85. The predicted octanol–water partition coefficient (Wildman–Crippen LogP) is 8.34. The van der Waals surface area contributed by atoms with E-state index in [1.807, 2.05) is 68.4 Å². The van der Waals surface area contributed by atoms with Gasteiger partial charge in [0.15, 0.2) is 5.11 Å². The second-order valence-corrected chi connectivity index (χ2v) is 15.2. The van der Waals surface area contributed by atoms with Crippen molar-refractivity contribution >= 4 is 57.2 Å². The average Bonchev–Trinajstić information content (AvgIpc) is 3.16. The third-order valence-corrected chi connectivity index (χ3v) is 13.0. The summed E-state index contributed by atoms with van der Waals surface area (Å²) in [6.45, 7) is 5.24. The molecule has 0 heterocycles. The Bertz CT molecular complexity index is 1720. The number of anilines is 2. The Morgan fingerprint density at radius 3 is 1.24 bits per heavy atom. The number of rotatable bonds is 11. The molecule has 0 aliphatic carbocycles. The molecule has 0 fully saturated rings. The van der Waals surface area contributed by atoms with Crippen LogP contribution in [0.4, 0.5) is 11.4 Å². The normalized spacial score (nSPS) is 10.9. The molecule has 0 radical (unpaired) electrons. The summed E-state index contributed by atoms with van der Waals surface area (Å²) in [4.78, 5) is 0. The molecule has 0 aliphatic heterocycles. The summed E-state index contributed by atoms with van der Waals surface area (Å²) in [6.07, 6.45) is 0. The first kappa shape index (κ1) is 35.2. The second-order valence-electron chi connectivity index (χ2n) is 11.0. The summed E-state index contributed by atoms with van der Waals surface area (Å²) in [5.74, 6) is 2.64. The number of ether oxygens (including phenoxy) is 3. The fraction of sp³-hybridized carbons (Fsp3) is 0.119. The maximum atomic E-state index is 5.85. The van der Waals surface area contributed by atoms with Gasteiger partial charge < -0.3 is 20.1 Å². The SMILES string of the molecule is CCOc1ccc(NC(=S)Nc2ccc(OCC)cc2)cc1.COc1ccccc1[PH](c1ccccc1)(c1ccccc1)c1ccccc1. The molecule has 0 bridgehead atoms. The molecule has 0 saturated carbocycles. The van der Waals surface area contributed by atoms with Crippen LogP contribution in [-0.4, -0.2) is 25.4 Å². The maximum absolute atomic E-state index is 5.85. The zero-order valence-corrected chi connectivity index (χ0v) is 30.0. The molecule has 6 rings (SSSR count). The predicted molar refractivity (Wildman–Crippen MR) is 214 cm³/mol. The second kappa shape index (κ2) is 17.8. The van der Waals surface area contributed by atoms with E-state index in [1.165, 1.54) is 21.2 Å². The van der Waals surface area contributed by atoms with E-state index >= 15 is 0 Å². The van der Waals surface area contributed by atoms with E-state index in [1.54, 1.807) is 7.11 Å². The summed E-state index contributed by atoms with van der Waals surface area (Å²) in [7, 11) is -0.728. The van der Waals surface area contributed by atoms with Crippen molar-refractivity contribution in [1.29, 1.82) is 0 Å². The van der Waals surface area contributed by atoms with Crippen molar-refractivity contribution in [3.8, 4) is 17.2 Å². The van der Waals surface area contributed by atoms with Crippen molar-refractivity contribution in [2.24, 2.45) is 0 Å². The minimum absolute atomic E-state index is 0.535. The van der Waals surface area contributed by atoms with Gasteiger partial charge in [-0.2, -0.15) is 0 Å². The summed E-state index contributed by atoms with van der Waals surface area (Å²) in [6, 6.07) is 56.5. The van der Waals surface area contributed by atoms with Gasteiger partial charge in [0.05, 0.1) is 13.2 Å². The molecule has 0 amide bonds. The van der Waals surface area contributed by atoms with Crippen LogP contribution in [0.3, 0.4) is 0 Å². The molecule has 5 nitrogen and oxygen atoms in total. The number of para-hydroxylation sites is 1. The Morgan fingerprint density at radius 1 is 0.510 bits per heavy atom. The van der Waals surface area contributed by atoms with Gasteiger partial charge >= 0.3 is 161 Å². The van der Waals surface area contributed by atoms with Gasteiger partial charge in [-0.3, -0.25) is 0 Å². The zero-order valence-electron chi connectivity index (χ0n) is 28.1. The quantitative estimate of drug-likeness (QED) is 0.106. The van der Waals surface area contributed by atoms with Crippen LogP contribution >= 0.6 is 19.5 Å². The molecule has 7 heteroatoms. The molecular formula is C42H43N2O3PS. The summed E-state index contributed by atoms with van der Waals surface area (Å²) in [5, 5.41) is 12.1. The molecule has 0 saturated heterocycles. The van der Waals surface area contributed by atoms with Crippen LogP contribution in [0.5, 0.6) is 17.2 Å². The van der Waals surface area contributed by atoms with Crippen LogP contribution < -0.4 is 46.1 Å². The summed E-state index contributed by atoms with van der Waals surface area (Å²) in [5.41, 5.74) is 1.82. The Hall–Kier alpha value is -5.16. The van der Waals surface area contributed by atoms with Crippen molar-refractivity contribution in [3.63, 3.8) is 0 Å². The van der Waals surface area contributed by atoms with Crippen molar-refractivity contribution in [2.75, 3.05) is 31.0 Å². The van der Waals surface area contributed by atoms with Crippen molar-refractivity contribution in [1.82, 2.24) is 0 Å². The monoisotopic (exact) mass is 686 g/mol. The van der Waals surface area contributed by atoms with Crippen LogP contribution in [0.25, 0.3) is 0 Å². The average molecular weight is 687 g/mol. The topological polar surface area (TPSA) is 51.8 Å². The molecule has 6 aromatic carbocycles. The first-order valence-electron chi connectivity index (χ1n) is 16.4. The molecule has 6 aromatic rings. The van der Waals surface area contributed by atoms with Crippen LogP contribution in [0.2, 0.25) is 0 Å². The molecule has 0 spiro atoms. The van der Waals surface area contributed by atoms with Gasteiger partial charge in [-0.1, -0.05) is 0 Å². The minimum atomic E-state index is -2.49. The number of methoxy groups -OCH3 is 1. The van der Waals surface area contributed by atoms with Crippen molar-refractivity contribution in [2.45, 2.75) is 13.8 Å². The number of hydrogen-bond donors (Lipinski definition) is 2. The van der Waals surface area contributed by atoms with Crippen LogP contribution in [0, 0.1) is 0 Å². The Balaban J connectivity index is 0.000000196. The van der Waals surface area contributed by atoms with Gasteiger partial charge in [-0.05, 0) is 74.6 Å². The summed E-state index contributed by atoms with van der Waals surface area (Å²) < 4.78 is 16.7. The fourth-order valence-electron chi connectivity index (χ4n) is 5.88. The molecule has 49 heavy (non-hydrogen) atoms.